The van der Waals surface area contributed by atoms with E-state index in [9.17, 15) is 14.7 Å². The highest BCUT2D eigenvalue weighted by atomic mass is 35.5. The predicted molar refractivity (Wildman–Crippen MR) is 124 cm³/mol. The van der Waals surface area contributed by atoms with Gasteiger partial charge in [-0.25, -0.2) is 0 Å². The van der Waals surface area contributed by atoms with Crippen LogP contribution in [0.15, 0.2) is 42.5 Å². The summed E-state index contributed by atoms with van der Waals surface area (Å²) in [6, 6.07) is 11.2. The van der Waals surface area contributed by atoms with Crippen molar-refractivity contribution >= 4 is 40.7 Å². The maximum atomic E-state index is 13.2. The molecule has 1 saturated heterocycles. The van der Waals surface area contributed by atoms with Crippen LogP contribution in [0.25, 0.3) is 0 Å². The number of amides is 2. The van der Waals surface area contributed by atoms with E-state index < -0.39 is 11.9 Å². The Hall–Kier alpha value is -2.44. The molecule has 1 atom stereocenters. The molecule has 0 radical (unpaired) electrons. The molecule has 2 aromatic carbocycles. The molecule has 0 aromatic heterocycles. The average Bonchev–Trinajstić information content (AvgIpc) is 2.73. The van der Waals surface area contributed by atoms with Gasteiger partial charge < -0.3 is 20.2 Å². The van der Waals surface area contributed by atoms with Crippen molar-refractivity contribution in [1.82, 2.24) is 10.2 Å². The molecule has 1 aliphatic rings. The zero-order valence-electron chi connectivity index (χ0n) is 17.6. The summed E-state index contributed by atoms with van der Waals surface area (Å²) in [7, 11) is 0. The zero-order chi connectivity index (χ0) is 22.5. The number of piperazine rings is 1. The SMILES string of the molecule is CC(C)CC(NC(=O)c1ccc(Cl)cc1Cl)C(=O)N1CCN(c2ccccc2O)CC1. The number of hydrogen-bond acceptors (Lipinski definition) is 4. The molecule has 2 aromatic rings. The highest BCUT2D eigenvalue weighted by molar-refractivity contribution is 6.36. The second-order valence-electron chi connectivity index (χ2n) is 8.08. The second-order valence-corrected chi connectivity index (χ2v) is 8.92. The third-order valence-electron chi connectivity index (χ3n) is 5.30. The van der Waals surface area contributed by atoms with Gasteiger partial charge in [-0.05, 0) is 42.7 Å². The van der Waals surface area contributed by atoms with Crippen molar-refractivity contribution in [2.75, 3.05) is 31.1 Å². The minimum Gasteiger partial charge on any atom is -0.506 e. The summed E-state index contributed by atoms with van der Waals surface area (Å²) in [6.45, 7) is 6.26. The van der Waals surface area contributed by atoms with E-state index in [0.717, 1.165) is 5.69 Å². The minimum absolute atomic E-state index is 0.107. The third kappa shape index (κ3) is 5.83. The standard InChI is InChI=1S/C23H27Cl2N3O3/c1-15(2)13-19(26-22(30)17-8-7-16(24)14-18(17)25)23(31)28-11-9-27(10-12-28)20-5-3-4-6-21(20)29/h3-8,14-15,19,29H,9-13H2,1-2H3,(H,26,30). The van der Waals surface area contributed by atoms with Crippen molar-refractivity contribution in [2.45, 2.75) is 26.3 Å². The lowest BCUT2D eigenvalue weighted by Crippen LogP contribution is -2.55. The number of rotatable bonds is 6. The lowest BCUT2D eigenvalue weighted by atomic mass is 10.0. The molecular formula is C23H27Cl2N3O3. The maximum Gasteiger partial charge on any atom is 0.253 e. The summed E-state index contributed by atoms with van der Waals surface area (Å²) < 4.78 is 0. The highest BCUT2D eigenvalue weighted by Gasteiger charge is 2.30. The van der Waals surface area contributed by atoms with Gasteiger partial charge >= 0.3 is 0 Å². The van der Waals surface area contributed by atoms with Gasteiger partial charge in [0.15, 0.2) is 0 Å². The van der Waals surface area contributed by atoms with Crippen LogP contribution in [-0.4, -0.2) is 54.0 Å². The monoisotopic (exact) mass is 463 g/mol. The molecule has 166 valence electrons. The number of benzene rings is 2. The van der Waals surface area contributed by atoms with Crippen LogP contribution in [0.2, 0.25) is 10.0 Å². The molecular weight excluding hydrogens is 437 g/mol. The Bertz CT molecular complexity index is 943. The molecule has 0 spiro atoms. The van der Waals surface area contributed by atoms with E-state index in [1.165, 1.54) is 6.07 Å². The molecule has 2 amide bonds. The fourth-order valence-electron chi connectivity index (χ4n) is 3.72. The first-order chi connectivity index (χ1) is 14.8. The average molecular weight is 464 g/mol. The lowest BCUT2D eigenvalue weighted by Gasteiger charge is -2.38. The van der Waals surface area contributed by atoms with Crippen LogP contribution in [-0.2, 0) is 4.79 Å². The number of hydrogen-bond donors (Lipinski definition) is 2. The van der Waals surface area contributed by atoms with Crippen LogP contribution in [0, 0.1) is 5.92 Å². The van der Waals surface area contributed by atoms with Crippen molar-refractivity contribution in [3.8, 4) is 5.75 Å². The quantitative estimate of drug-likeness (QED) is 0.673. The summed E-state index contributed by atoms with van der Waals surface area (Å²) in [4.78, 5) is 29.9. The Balaban J connectivity index is 1.67. The Kier molecular flexibility index (Phi) is 7.68. The van der Waals surface area contributed by atoms with Crippen molar-refractivity contribution in [2.24, 2.45) is 5.92 Å². The lowest BCUT2D eigenvalue weighted by molar-refractivity contribution is -0.134. The molecule has 1 unspecified atom stereocenters. The molecule has 0 bridgehead atoms. The number of carbonyl (C=O) groups excluding carboxylic acids is 2. The second kappa shape index (κ2) is 10.2. The van der Waals surface area contributed by atoms with Crippen LogP contribution >= 0.6 is 23.2 Å². The molecule has 0 saturated carbocycles. The number of carbonyl (C=O) groups is 2. The minimum atomic E-state index is -0.643. The highest BCUT2D eigenvalue weighted by Crippen LogP contribution is 2.27. The van der Waals surface area contributed by atoms with Crippen LogP contribution in [0.3, 0.4) is 0 Å². The normalized spacial score (nSPS) is 15.1. The van der Waals surface area contributed by atoms with E-state index in [1.807, 2.05) is 26.0 Å². The van der Waals surface area contributed by atoms with Crippen LogP contribution in [0.5, 0.6) is 5.75 Å². The van der Waals surface area contributed by atoms with Crippen molar-refractivity contribution in [3.05, 3.63) is 58.1 Å². The van der Waals surface area contributed by atoms with Crippen molar-refractivity contribution < 1.29 is 14.7 Å². The Morgan fingerprint density at radius 2 is 1.74 bits per heavy atom. The molecule has 0 aliphatic carbocycles. The molecule has 2 N–H and O–H groups in total. The van der Waals surface area contributed by atoms with Crippen molar-refractivity contribution in [1.29, 1.82) is 0 Å². The van der Waals surface area contributed by atoms with E-state index in [-0.39, 0.29) is 28.2 Å². The Morgan fingerprint density at radius 3 is 2.35 bits per heavy atom. The summed E-state index contributed by atoms with van der Waals surface area (Å²) in [5.41, 5.74) is 1.05. The molecule has 3 rings (SSSR count). The van der Waals surface area contributed by atoms with Gasteiger partial charge in [0.1, 0.15) is 11.8 Å². The van der Waals surface area contributed by atoms with E-state index >= 15 is 0 Å². The topological polar surface area (TPSA) is 72.9 Å². The molecule has 1 aliphatic heterocycles. The van der Waals surface area contributed by atoms with Gasteiger partial charge in [0.25, 0.3) is 5.91 Å². The number of anilines is 1. The Labute approximate surface area is 192 Å². The molecule has 31 heavy (non-hydrogen) atoms. The fraction of sp³-hybridized carbons (Fsp3) is 0.391. The van der Waals surface area contributed by atoms with E-state index in [1.54, 1.807) is 29.2 Å². The number of nitrogens with one attached hydrogen (secondary N) is 1. The van der Waals surface area contributed by atoms with Crippen LogP contribution in [0.1, 0.15) is 30.6 Å². The maximum absolute atomic E-state index is 13.2. The van der Waals surface area contributed by atoms with Crippen molar-refractivity contribution in [3.63, 3.8) is 0 Å². The van der Waals surface area contributed by atoms with Gasteiger partial charge in [0, 0.05) is 31.2 Å². The summed E-state index contributed by atoms with van der Waals surface area (Å²) in [5.74, 6) is -0.0536. The number of nitrogens with zero attached hydrogens (tertiary/aromatic N) is 2. The van der Waals surface area contributed by atoms with Crippen LogP contribution in [0.4, 0.5) is 5.69 Å². The van der Waals surface area contributed by atoms with E-state index in [2.05, 4.69) is 10.2 Å². The Morgan fingerprint density at radius 1 is 1.06 bits per heavy atom. The summed E-state index contributed by atoms with van der Waals surface area (Å²) in [6.07, 6.45) is 0.523. The number of aromatic hydroxyl groups is 1. The first-order valence-corrected chi connectivity index (χ1v) is 11.1. The predicted octanol–water partition coefficient (Wildman–Crippen LogP) is 4.19. The number of phenols is 1. The van der Waals surface area contributed by atoms with Gasteiger partial charge in [-0.1, -0.05) is 49.2 Å². The van der Waals surface area contributed by atoms with E-state index in [0.29, 0.717) is 37.6 Å². The number of para-hydroxylation sites is 2. The zero-order valence-corrected chi connectivity index (χ0v) is 19.2. The van der Waals surface area contributed by atoms with Gasteiger partial charge in [0.05, 0.1) is 16.3 Å². The van der Waals surface area contributed by atoms with Gasteiger partial charge in [0.2, 0.25) is 5.91 Å². The number of halogens is 2. The van der Waals surface area contributed by atoms with E-state index in [4.69, 9.17) is 23.2 Å². The molecule has 6 nitrogen and oxygen atoms in total. The van der Waals surface area contributed by atoms with Crippen LogP contribution < -0.4 is 10.2 Å². The first kappa shape index (κ1) is 23.2. The summed E-state index contributed by atoms with van der Waals surface area (Å²) in [5, 5.41) is 13.6. The fourth-order valence-corrected chi connectivity index (χ4v) is 4.22. The van der Waals surface area contributed by atoms with Gasteiger partial charge in [-0.15, -0.1) is 0 Å². The molecule has 1 heterocycles. The first-order valence-electron chi connectivity index (χ1n) is 10.3. The smallest absolute Gasteiger partial charge is 0.253 e. The largest absolute Gasteiger partial charge is 0.506 e. The number of phenolic OH excluding ortho intramolecular Hbond substituents is 1. The van der Waals surface area contributed by atoms with Gasteiger partial charge in [-0.2, -0.15) is 0 Å². The molecule has 8 heteroatoms. The molecule has 1 fully saturated rings. The van der Waals surface area contributed by atoms with Gasteiger partial charge in [-0.3, -0.25) is 9.59 Å². The third-order valence-corrected chi connectivity index (χ3v) is 5.85. The summed E-state index contributed by atoms with van der Waals surface area (Å²) >= 11 is 12.1.